The number of nitrogens with one attached hydrogen (secondary N) is 1. The zero-order chi connectivity index (χ0) is 26.3. The molecule has 8 nitrogen and oxygen atoms in total. The molecule has 0 radical (unpaired) electrons. The van der Waals surface area contributed by atoms with E-state index >= 15 is 0 Å². The van der Waals surface area contributed by atoms with Gasteiger partial charge in [0.2, 0.25) is 5.13 Å². The number of rotatable bonds is 8. The molecule has 5 rings (SSSR count). The fourth-order valence-corrected chi connectivity index (χ4v) is 4.58. The van der Waals surface area contributed by atoms with Crippen LogP contribution in [0.25, 0.3) is 21.7 Å². The Morgan fingerprint density at radius 2 is 1.58 bits per heavy atom. The molecule has 0 aliphatic carbocycles. The van der Waals surface area contributed by atoms with Crippen LogP contribution in [0.3, 0.4) is 0 Å². The molecule has 0 unspecified atom stereocenters. The van der Waals surface area contributed by atoms with Crippen LogP contribution in [-0.4, -0.2) is 22.1 Å². The zero-order valence-corrected chi connectivity index (χ0v) is 20.7. The molecule has 9 heteroatoms. The van der Waals surface area contributed by atoms with Crippen LogP contribution in [0.5, 0.6) is 5.75 Å². The number of hydrogen-bond donors (Lipinski definition) is 1. The van der Waals surface area contributed by atoms with Gasteiger partial charge in [-0.3, -0.25) is 15.5 Å². The Morgan fingerprint density at radius 1 is 0.895 bits per heavy atom. The molecule has 0 spiro atoms. The van der Waals surface area contributed by atoms with Crippen molar-refractivity contribution in [3.8, 4) is 27.4 Å². The van der Waals surface area contributed by atoms with Gasteiger partial charge in [0.05, 0.1) is 27.3 Å². The van der Waals surface area contributed by atoms with Crippen LogP contribution in [0.1, 0.15) is 15.9 Å². The fourth-order valence-electron chi connectivity index (χ4n) is 3.64. The Bertz CT molecular complexity index is 1540. The second-order valence-electron chi connectivity index (χ2n) is 8.06. The molecule has 0 saturated heterocycles. The maximum Gasteiger partial charge on any atom is 0.343 e. The molecule has 0 amide bonds. The summed E-state index contributed by atoms with van der Waals surface area (Å²) in [6, 6.07) is 32.2. The van der Waals surface area contributed by atoms with E-state index in [0.29, 0.717) is 10.9 Å². The lowest BCUT2D eigenvalue weighted by molar-refractivity contribution is -0.384. The number of non-ortho nitro benzene ring substituents is 1. The molecule has 0 atom stereocenters. The maximum atomic E-state index is 12.4. The number of anilines is 1. The number of thiazole rings is 1. The molecule has 1 N–H and O–H groups in total. The van der Waals surface area contributed by atoms with E-state index in [1.165, 1.54) is 35.6 Å². The molecular formula is C29H20N4O4S. The standard InChI is InChI=1S/C29H20N4O4S/c34-28(23-12-7-13-24(18-23)33(35)36)37-25-16-14-20(15-17-25)19-30-32-29-31-26(21-8-3-1-4-9-21)27(38-29)22-10-5-2-6-11-22/h1-19H,(H,31,32)/b30-19-. The average Bonchev–Trinajstić information content (AvgIpc) is 3.39. The second kappa shape index (κ2) is 11.3. The summed E-state index contributed by atoms with van der Waals surface area (Å²) in [5, 5.41) is 15.9. The van der Waals surface area contributed by atoms with E-state index in [0.717, 1.165) is 27.3 Å². The van der Waals surface area contributed by atoms with Crippen LogP contribution in [0.4, 0.5) is 10.8 Å². The number of hydrogen-bond acceptors (Lipinski definition) is 8. The third kappa shape index (κ3) is 5.80. The molecule has 5 aromatic rings. The summed E-state index contributed by atoms with van der Waals surface area (Å²) >= 11 is 1.52. The van der Waals surface area contributed by atoms with E-state index in [2.05, 4.69) is 22.7 Å². The predicted molar refractivity (Wildman–Crippen MR) is 149 cm³/mol. The van der Waals surface area contributed by atoms with Crippen LogP contribution in [0.15, 0.2) is 114 Å². The number of aromatic nitrogens is 1. The maximum absolute atomic E-state index is 12.4. The summed E-state index contributed by atoms with van der Waals surface area (Å²) < 4.78 is 5.33. The largest absolute Gasteiger partial charge is 0.423 e. The number of nitro benzene ring substituents is 1. The van der Waals surface area contributed by atoms with Crippen molar-refractivity contribution in [2.24, 2.45) is 5.10 Å². The Hall–Kier alpha value is -5.15. The molecular weight excluding hydrogens is 500 g/mol. The van der Waals surface area contributed by atoms with Gasteiger partial charge in [0.1, 0.15) is 5.75 Å². The van der Waals surface area contributed by atoms with E-state index < -0.39 is 10.9 Å². The minimum atomic E-state index is -0.677. The van der Waals surface area contributed by atoms with Gasteiger partial charge in [-0.1, -0.05) is 78.1 Å². The number of ether oxygens (including phenoxy) is 1. The quantitative estimate of drug-likeness (QED) is 0.0772. The van der Waals surface area contributed by atoms with Gasteiger partial charge < -0.3 is 4.74 Å². The lowest BCUT2D eigenvalue weighted by Gasteiger charge is -2.04. The summed E-state index contributed by atoms with van der Waals surface area (Å²) in [7, 11) is 0. The molecule has 0 bridgehead atoms. The number of hydrazone groups is 1. The molecule has 4 aromatic carbocycles. The van der Waals surface area contributed by atoms with Crippen molar-refractivity contribution in [1.82, 2.24) is 4.98 Å². The monoisotopic (exact) mass is 520 g/mol. The molecule has 38 heavy (non-hydrogen) atoms. The molecule has 0 aliphatic heterocycles. The van der Waals surface area contributed by atoms with Crippen molar-refractivity contribution >= 4 is 34.3 Å². The van der Waals surface area contributed by atoms with E-state index in [-0.39, 0.29) is 11.3 Å². The number of carbonyl (C=O) groups excluding carboxylic acids is 1. The number of carbonyl (C=O) groups is 1. The lowest BCUT2D eigenvalue weighted by atomic mass is 10.1. The van der Waals surface area contributed by atoms with Crippen LogP contribution < -0.4 is 10.2 Å². The van der Waals surface area contributed by atoms with Gasteiger partial charge in [-0.25, -0.2) is 9.78 Å². The van der Waals surface area contributed by atoms with Crippen molar-refractivity contribution in [2.75, 3.05) is 5.43 Å². The normalized spacial score (nSPS) is 10.8. The topological polar surface area (TPSA) is 107 Å². The highest BCUT2D eigenvalue weighted by Crippen LogP contribution is 2.38. The SMILES string of the molecule is O=C(Oc1ccc(/C=N\Nc2nc(-c3ccccc3)c(-c3ccccc3)s2)cc1)c1cccc([N+](=O)[O-])c1. The molecule has 1 aromatic heterocycles. The fraction of sp³-hybridized carbons (Fsp3) is 0. The van der Waals surface area contributed by atoms with Crippen molar-refractivity contribution in [3.05, 3.63) is 130 Å². The van der Waals surface area contributed by atoms with Crippen molar-refractivity contribution in [3.63, 3.8) is 0 Å². The summed E-state index contributed by atoms with van der Waals surface area (Å²) in [4.78, 5) is 28.5. The highest BCUT2D eigenvalue weighted by molar-refractivity contribution is 7.19. The third-order valence-electron chi connectivity index (χ3n) is 5.47. The summed E-state index contributed by atoms with van der Waals surface area (Å²) in [6.45, 7) is 0. The van der Waals surface area contributed by atoms with E-state index in [1.54, 1.807) is 30.5 Å². The van der Waals surface area contributed by atoms with E-state index in [9.17, 15) is 14.9 Å². The van der Waals surface area contributed by atoms with Crippen molar-refractivity contribution in [2.45, 2.75) is 0 Å². The Labute approximate surface area is 222 Å². The first-order valence-electron chi connectivity index (χ1n) is 11.5. The zero-order valence-electron chi connectivity index (χ0n) is 19.9. The Kier molecular flexibility index (Phi) is 7.28. The van der Waals surface area contributed by atoms with Crippen LogP contribution in [0, 0.1) is 10.1 Å². The van der Waals surface area contributed by atoms with Gasteiger partial charge >= 0.3 is 5.97 Å². The molecule has 1 heterocycles. The first kappa shape index (κ1) is 24.5. The molecule has 186 valence electrons. The minimum absolute atomic E-state index is 0.0993. The molecule has 0 aliphatic rings. The Morgan fingerprint density at radius 3 is 2.26 bits per heavy atom. The van der Waals surface area contributed by atoms with Crippen molar-refractivity contribution in [1.29, 1.82) is 0 Å². The number of nitrogens with zero attached hydrogens (tertiary/aromatic N) is 3. The van der Waals surface area contributed by atoms with Crippen LogP contribution >= 0.6 is 11.3 Å². The third-order valence-corrected chi connectivity index (χ3v) is 6.48. The summed E-state index contributed by atoms with van der Waals surface area (Å²) in [5.41, 5.74) is 6.70. The predicted octanol–water partition coefficient (Wildman–Crippen LogP) is 7.05. The number of nitro groups is 1. The molecule has 0 saturated carbocycles. The van der Waals surface area contributed by atoms with Crippen molar-refractivity contribution < 1.29 is 14.5 Å². The Balaban J connectivity index is 1.27. The molecule has 0 fully saturated rings. The van der Waals surface area contributed by atoms with E-state index in [4.69, 9.17) is 9.72 Å². The summed E-state index contributed by atoms with van der Waals surface area (Å²) in [5.74, 6) is -0.365. The number of benzene rings is 4. The first-order chi connectivity index (χ1) is 18.6. The van der Waals surface area contributed by atoms with Gasteiger partial charge in [-0.05, 0) is 41.5 Å². The highest BCUT2D eigenvalue weighted by Gasteiger charge is 2.15. The van der Waals surface area contributed by atoms with E-state index in [1.807, 2.05) is 48.5 Å². The van der Waals surface area contributed by atoms with Gasteiger partial charge in [-0.15, -0.1) is 0 Å². The number of esters is 1. The van der Waals surface area contributed by atoms with Gasteiger partial charge in [-0.2, -0.15) is 5.10 Å². The average molecular weight is 521 g/mol. The minimum Gasteiger partial charge on any atom is -0.423 e. The smallest absolute Gasteiger partial charge is 0.343 e. The summed E-state index contributed by atoms with van der Waals surface area (Å²) in [6.07, 6.45) is 1.64. The first-order valence-corrected chi connectivity index (χ1v) is 12.4. The van der Waals surface area contributed by atoms with Gasteiger partial charge in [0.25, 0.3) is 5.69 Å². The van der Waals surface area contributed by atoms with Gasteiger partial charge in [0.15, 0.2) is 0 Å². The van der Waals surface area contributed by atoms with Crippen LogP contribution in [-0.2, 0) is 0 Å². The highest BCUT2D eigenvalue weighted by atomic mass is 32.1. The van der Waals surface area contributed by atoms with Crippen LogP contribution in [0.2, 0.25) is 0 Å². The lowest BCUT2D eigenvalue weighted by Crippen LogP contribution is -2.08. The van der Waals surface area contributed by atoms with Gasteiger partial charge in [0, 0.05) is 17.7 Å². The second-order valence-corrected chi connectivity index (χ2v) is 9.06.